The average Bonchev–Trinajstić information content (AvgIpc) is 2.54. The van der Waals surface area contributed by atoms with Gasteiger partial charge in [-0.3, -0.25) is 4.79 Å². The highest BCUT2D eigenvalue weighted by molar-refractivity contribution is 6.30. The van der Waals surface area contributed by atoms with Crippen LogP contribution in [0.25, 0.3) is 0 Å². The van der Waals surface area contributed by atoms with Crippen LogP contribution in [-0.2, 0) is 4.79 Å². The molecular weight excluding hydrogens is 332 g/mol. The number of nitrogens with zero attached hydrogens (tertiary/aromatic N) is 1. The second-order valence-electron chi connectivity index (χ2n) is 4.88. The van der Waals surface area contributed by atoms with Crippen molar-refractivity contribution < 1.29 is 19.4 Å². The van der Waals surface area contributed by atoms with Gasteiger partial charge in [0, 0.05) is 10.6 Å². The third-order valence-corrected chi connectivity index (χ3v) is 3.31. The van der Waals surface area contributed by atoms with Crippen molar-refractivity contribution in [1.29, 1.82) is 0 Å². The Hall–Kier alpha value is -2.86. The third kappa shape index (κ3) is 4.82. The standard InChI is InChI=1S/C17H15ClN2O4/c1-11-8-13(18)6-7-15(11)24-10-16(21)20-19-9-12-4-2-3-5-14(12)17(22)23/h2-9H,10H2,1H3,(H,20,21)(H,22,23)/b19-9-. The lowest BCUT2D eigenvalue weighted by atomic mass is 10.1. The molecule has 0 heterocycles. The van der Waals surface area contributed by atoms with Crippen LogP contribution in [-0.4, -0.2) is 29.8 Å². The molecule has 0 aliphatic heterocycles. The van der Waals surface area contributed by atoms with Crippen LogP contribution in [0, 0.1) is 6.92 Å². The summed E-state index contributed by atoms with van der Waals surface area (Å²) in [5.74, 6) is -0.979. The molecule has 24 heavy (non-hydrogen) atoms. The van der Waals surface area contributed by atoms with Gasteiger partial charge in [-0.1, -0.05) is 29.8 Å². The molecule has 0 saturated heterocycles. The van der Waals surface area contributed by atoms with Crippen molar-refractivity contribution in [3.63, 3.8) is 0 Å². The molecule has 0 radical (unpaired) electrons. The largest absolute Gasteiger partial charge is 0.483 e. The molecule has 0 spiro atoms. The molecule has 2 aromatic carbocycles. The number of aromatic carboxylic acids is 1. The zero-order chi connectivity index (χ0) is 17.5. The van der Waals surface area contributed by atoms with Gasteiger partial charge in [-0.25, -0.2) is 10.2 Å². The smallest absolute Gasteiger partial charge is 0.336 e. The van der Waals surface area contributed by atoms with Crippen LogP contribution in [0.1, 0.15) is 21.5 Å². The fraction of sp³-hybridized carbons (Fsp3) is 0.118. The number of carbonyl (C=O) groups excluding carboxylic acids is 1. The lowest BCUT2D eigenvalue weighted by Gasteiger charge is -2.08. The minimum atomic E-state index is -1.06. The van der Waals surface area contributed by atoms with Gasteiger partial charge in [-0.2, -0.15) is 5.10 Å². The molecule has 2 aromatic rings. The monoisotopic (exact) mass is 346 g/mol. The minimum Gasteiger partial charge on any atom is -0.483 e. The highest BCUT2D eigenvalue weighted by Crippen LogP contribution is 2.21. The molecule has 2 rings (SSSR count). The molecule has 0 atom stereocenters. The molecule has 0 aliphatic carbocycles. The van der Waals surface area contributed by atoms with Crippen molar-refractivity contribution in [2.75, 3.05) is 6.61 Å². The third-order valence-electron chi connectivity index (χ3n) is 3.08. The summed E-state index contributed by atoms with van der Waals surface area (Å²) in [4.78, 5) is 22.8. The van der Waals surface area contributed by atoms with Crippen LogP contribution in [0.5, 0.6) is 5.75 Å². The summed E-state index contributed by atoms with van der Waals surface area (Å²) >= 11 is 5.85. The van der Waals surface area contributed by atoms with Crippen molar-refractivity contribution in [3.05, 3.63) is 64.2 Å². The summed E-state index contributed by atoms with van der Waals surface area (Å²) < 4.78 is 5.38. The Morgan fingerprint density at radius 1 is 1.29 bits per heavy atom. The zero-order valence-electron chi connectivity index (χ0n) is 12.8. The second-order valence-corrected chi connectivity index (χ2v) is 5.32. The van der Waals surface area contributed by atoms with E-state index in [9.17, 15) is 9.59 Å². The summed E-state index contributed by atoms with van der Waals surface area (Å²) in [5.41, 5.74) is 3.59. The number of amides is 1. The van der Waals surface area contributed by atoms with Crippen LogP contribution in [0.2, 0.25) is 5.02 Å². The van der Waals surface area contributed by atoms with Gasteiger partial charge in [0.2, 0.25) is 0 Å². The lowest BCUT2D eigenvalue weighted by Crippen LogP contribution is -2.24. The number of nitrogens with one attached hydrogen (secondary N) is 1. The van der Waals surface area contributed by atoms with E-state index >= 15 is 0 Å². The number of hydrogen-bond acceptors (Lipinski definition) is 4. The van der Waals surface area contributed by atoms with Crippen LogP contribution in [0.15, 0.2) is 47.6 Å². The molecule has 124 valence electrons. The highest BCUT2D eigenvalue weighted by Gasteiger charge is 2.07. The number of aryl methyl sites for hydroxylation is 1. The highest BCUT2D eigenvalue weighted by atomic mass is 35.5. The number of benzene rings is 2. The number of carboxylic acids is 1. The minimum absolute atomic E-state index is 0.100. The van der Waals surface area contributed by atoms with E-state index in [1.807, 2.05) is 6.92 Å². The Kier molecular flexibility index (Phi) is 5.92. The fourth-order valence-electron chi connectivity index (χ4n) is 1.93. The molecule has 2 N–H and O–H groups in total. The van der Waals surface area contributed by atoms with Gasteiger partial charge < -0.3 is 9.84 Å². The van der Waals surface area contributed by atoms with E-state index < -0.39 is 11.9 Å². The Bertz CT molecular complexity index is 790. The maximum absolute atomic E-state index is 11.7. The van der Waals surface area contributed by atoms with Gasteiger partial charge in [0.25, 0.3) is 5.91 Å². The number of ether oxygens (including phenoxy) is 1. The molecule has 0 saturated carbocycles. The van der Waals surface area contributed by atoms with Crippen LogP contribution in [0.4, 0.5) is 0 Å². The quantitative estimate of drug-likeness (QED) is 0.622. The second kappa shape index (κ2) is 8.12. The number of halogens is 1. The Morgan fingerprint density at radius 3 is 2.75 bits per heavy atom. The van der Waals surface area contributed by atoms with Crippen molar-refractivity contribution >= 4 is 29.7 Å². The number of carbonyl (C=O) groups is 2. The van der Waals surface area contributed by atoms with E-state index in [-0.39, 0.29) is 12.2 Å². The average molecular weight is 347 g/mol. The number of carboxylic acid groups (broad SMARTS) is 1. The number of hydrazone groups is 1. The number of rotatable bonds is 6. The number of hydrogen-bond donors (Lipinski definition) is 2. The lowest BCUT2D eigenvalue weighted by molar-refractivity contribution is -0.123. The van der Waals surface area contributed by atoms with E-state index in [0.29, 0.717) is 16.3 Å². The van der Waals surface area contributed by atoms with E-state index in [2.05, 4.69) is 10.5 Å². The van der Waals surface area contributed by atoms with Gasteiger partial charge in [0.15, 0.2) is 6.61 Å². The van der Waals surface area contributed by atoms with Crippen molar-refractivity contribution in [2.24, 2.45) is 5.10 Å². The van der Waals surface area contributed by atoms with E-state index in [1.54, 1.807) is 36.4 Å². The molecule has 0 aliphatic rings. The first-order valence-corrected chi connectivity index (χ1v) is 7.38. The first-order valence-electron chi connectivity index (χ1n) is 7.00. The van der Waals surface area contributed by atoms with Gasteiger partial charge in [0.05, 0.1) is 11.8 Å². The van der Waals surface area contributed by atoms with Crippen molar-refractivity contribution in [2.45, 2.75) is 6.92 Å². The van der Waals surface area contributed by atoms with Gasteiger partial charge in [0.1, 0.15) is 5.75 Å². The van der Waals surface area contributed by atoms with E-state index in [1.165, 1.54) is 12.3 Å². The molecule has 1 amide bonds. The molecule has 0 fully saturated rings. The fourth-order valence-corrected chi connectivity index (χ4v) is 2.16. The van der Waals surface area contributed by atoms with Crippen LogP contribution < -0.4 is 10.2 Å². The summed E-state index contributed by atoms with van der Waals surface area (Å²) in [7, 11) is 0. The van der Waals surface area contributed by atoms with Crippen molar-refractivity contribution in [1.82, 2.24) is 5.43 Å². The van der Waals surface area contributed by atoms with Crippen LogP contribution >= 0.6 is 11.6 Å². The molecular formula is C17H15ClN2O4. The zero-order valence-corrected chi connectivity index (χ0v) is 13.6. The van der Waals surface area contributed by atoms with Crippen molar-refractivity contribution in [3.8, 4) is 5.75 Å². The molecule has 0 unspecified atom stereocenters. The van der Waals surface area contributed by atoms with Gasteiger partial charge in [-0.05, 0) is 36.8 Å². The Labute approximate surface area is 143 Å². The maximum Gasteiger partial charge on any atom is 0.336 e. The van der Waals surface area contributed by atoms with E-state index in [0.717, 1.165) is 5.56 Å². The predicted molar refractivity (Wildman–Crippen MR) is 90.8 cm³/mol. The van der Waals surface area contributed by atoms with Gasteiger partial charge >= 0.3 is 5.97 Å². The van der Waals surface area contributed by atoms with Crippen LogP contribution in [0.3, 0.4) is 0 Å². The maximum atomic E-state index is 11.7. The molecule has 7 heteroatoms. The summed E-state index contributed by atoms with van der Waals surface area (Å²) in [6.07, 6.45) is 1.27. The predicted octanol–water partition coefficient (Wildman–Crippen LogP) is 2.88. The normalized spacial score (nSPS) is 10.6. The Balaban J connectivity index is 1.90. The van der Waals surface area contributed by atoms with E-state index in [4.69, 9.17) is 21.4 Å². The SMILES string of the molecule is Cc1cc(Cl)ccc1OCC(=O)N/N=C\c1ccccc1C(=O)O. The molecule has 0 aromatic heterocycles. The summed E-state index contributed by atoms with van der Waals surface area (Å²) in [6.45, 7) is 1.60. The first-order chi connectivity index (χ1) is 11.5. The summed E-state index contributed by atoms with van der Waals surface area (Å²) in [6, 6.07) is 11.4. The Morgan fingerprint density at radius 2 is 2.04 bits per heavy atom. The first kappa shape index (κ1) is 17.5. The molecule has 0 bridgehead atoms. The van der Waals surface area contributed by atoms with Gasteiger partial charge in [-0.15, -0.1) is 0 Å². The topological polar surface area (TPSA) is 88.0 Å². The summed E-state index contributed by atoms with van der Waals surface area (Å²) in [5, 5.41) is 13.4. The molecule has 6 nitrogen and oxygen atoms in total.